The number of carbonyl (C=O) groups is 2. The standard InChI is InChI=1S/C18H33N3O3/c1-18(2,3)24-17(23)21-13-5-4-8-15(21)14-19-10-9-16(22)20-11-6-7-12-20/h15,19H,4-14H2,1-3H3. The summed E-state index contributed by atoms with van der Waals surface area (Å²) in [5.41, 5.74) is -0.464. The first-order valence-corrected chi connectivity index (χ1v) is 9.35. The van der Waals surface area contributed by atoms with Crippen LogP contribution in [-0.4, -0.2) is 66.2 Å². The zero-order valence-corrected chi connectivity index (χ0v) is 15.5. The van der Waals surface area contributed by atoms with E-state index in [2.05, 4.69) is 5.32 Å². The molecule has 2 amide bonds. The predicted molar refractivity (Wildman–Crippen MR) is 93.9 cm³/mol. The predicted octanol–water partition coefficient (Wildman–Crippen LogP) is 2.38. The third-order valence-corrected chi connectivity index (χ3v) is 4.61. The van der Waals surface area contributed by atoms with E-state index in [0.29, 0.717) is 13.0 Å². The molecule has 0 aromatic heterocycles. The SMILES string of the molecule is CC(C)(C)OC(=O)N1CCCCC1CNCCC(=O)N1CCCC1. The first-order chi connectivity index (χ1) is 11.4. The van der Waals surface area contributed by atoms with Gasteiger partial charge in [0, 0.05) is 45.2 Å². The van der Waals surface area contributed by atoms with E-state index in [1.54, 1.807) is 0 Å². The van der Waals surface area contributed by atoms with Crippen molar-refractivity contribution in [3.8, 4) is 0 Å². The molecule has 2 aliphatic heterocycles. The number of likely N-dealkylation sites (tertiary alicyclic amines) is 2. The average Bonchev–Trinajstić information content (AvgIpc) is 3.04. The van der Waals surface area contributed by atoms with Gasteiger partial charge in [-0.1, -0.05) is 0 Å². The summed E-state index contributed by atoms with van der Waals surface area (Å²) in [6, 6.07) is 0.162. The lowest BCUT2D eigenvalue weighted by Gasteiger charge is -2.37. The lowest BCUT2D eigenvalue weighted by Crippen LogP contribution is -2.50. The van der Waals surface area contributed by atoms with Gasteiger partial charge in [-0.2, -0.15) is 0 Å². The highest BCUT2D eigenvalue weighted by Crippen LogP contribution is 2.20. The highest BCUT2D eigenvalue weighted by atomic mass is 16.6. The van der Waals surface area contributed by atoms with E-state index < -0.39 is 5.60 Å². The molecule has 6 heteroatoms. The summed E-state index contributed by atoms with van der Waals surface area (Å²) < 4.78 is 5.52. The average molecular weight is 339 g/mol. The number of amides is 2. The Labute approximate surface area is 145 Å². The molecule has 0 aromatic rings. The molecular formula is C18H33N3O3. The Morgan fingerprint density at radius 3 is 2.42 bits per heavy atom. The molecule has 6 nitrogen and oxygen atoms in total. The van der Waals surface area contributed by atoms with Gasteiger partial charge in [-0.05, 0) is 52.9 Å². The topological polar surface area (TPSA) is 61.9 Å². The fraction of sp³-hybridized carbons (Fsp3) is 0.889. The zero-order valence-electron chi connectivity index (χ0n) is 15.5. The fourth-order valence-electron chi connectivity index (χ4n) is 3.36. The van der Waals surface area contributed by atoms with Crippen LogP contribution in [0.1, 0.15) is 59.3 Å². The van der Waals surface area contributed by atoms with Gasteiger partial charge in [-0.15, -0.1) is 0 Å². The van der Waals surface area contributed by atoms with Crippen molar-refractivity contribution in [3.05, 3.63) is 0 Å². The van der Waals surface area contributed by atoms with Crippen LogP contribution >= 0.6 is 0 Å². The van der Waals surface area contributed by atoms with Crippen LogP contribution in [0.4, 0.5) is 4.79 Å². The first-order valence-electron chi connectivity index (χ1n) is 9.35. The van der Waals surface area contributed by atoms with Gasteiger partial charge < -0.3 is 19.9 Å². The van der Waals surface area contributed by atoms with E-state index in [1.165, 1.54) is 0 Å². The maximum atomic E-state index is 12.4. The van der Waals surface area contributed by atoms with E-state index in [4.69, 9.17) is 4.74 Å². The monoisotopic (exact) mass is 339 g/mol. The molecule has 0 radical (unpaired) electrons. The van der Waals surface area contributed by atoms with E-state index in [-0.39, 0.29) is 18.0 Å². The Balaban J connectivity index is 1.72. The number of rotatable bonds is 5. The lowest BCUT2D eigenvalue weighted by atomic mass is 10.0. The summed E-state index contributed by atoms with van der Waals surface area (Å²) in [6.45, 7) is 9.67. The van der Waals surface area contributed by atoms with Gasteiger partial charge in [-0.25, -0.2) is 4.79 Å². The molecule has 2 heterocycles. The van der Waals surface area contributed by atoms with Crippen molar-refractivity contribution in [1.29, 1.82) is 0 Å². The van der Waals surface area contributed by atoms with Crippen molar-refractivity contribution >= 4 is 12.0 Å². The Kier molecular flexibility index (Phi) is 6.90. The molecule has 1 unspecified atom stereocenters. The maximum absolute atomic E-state index is 12.4. The minimum atomic E-state index is -0.464. The minimum absolute atomic E-state index is 0.162. The largest absolute Gasteiger partial charge is 0.444 e. The van der Waals surface area contributed by atoms with Crippen LogP contribution in [0.5, 0.6) is 0 Å². The van der Waals surface area contributed by atoms with Crippen molar-refractivity contribution < 1.29 is 14.3 Å². The van der Waals surface area contributed by atoms with E-state index in [0.717, 1.165) is 58.3 Å². The summed E-state index contributed by atoms with van der Waals surface area (Å²) in [7, 11) is 0. The number of hydrogen-bond donors (Lipinski definition) is 1. The molecule has 0 aliphatic carbocycles. The zero-order chi connectivity index (χ0) is 17.6. The molecule has 1 atom stereocenters. The number of ether oxygens (including phenoxy) is 1. The van der Waals surface area contributed by atoms with Gasteiger partial charge in [0.2, 0.25) is 5.91 Å². The molecular weight excluding hydrogens is 306 g/mol. The number of carbonyl (C=O) groups excluding carboxylic acids is 2. The summed E-state index contributed by atoms with van der Waals surface area (Å²) in [5, 5.41) is 3.36. The molecule has 0 saturated carbocycles. The van der Waals surface area contributed by atoms with Crippen molar-refractivity contribution in [2.45, 2.75) is 70.9 Å². The minimum Gasteiger partial charge on any atom is -0.444 e. The fourth-order valence-corrected chi connectivity index (χ4v) is 3.36. The Morgan fingerprint density at radius 1 is 1.08 bits per heavy atom. The molecule has 2 fully saturated rings. The smallest absolute Gasteiger partial charge is 0.410 e. The third kappa shape index (κ3) is 5.96. The van der Waals surface area contributed by atoms with Gasteiger partial charge in [0.15, 0.2) is 0 Å². The van der Waals surface area contributed by atoms with Gasteiger partial charge in [0.1, 0.15) is 5.60 Å². The summed E-state index contributed by atoms with van der Waals surface area (Å²) in [6.07, 6.45) is 5.74. The lowest BCUT2D eigenvalue weighted by molar-refractivity contribution is -0.130. The van der Waals surface area contributed by atoms with Crippen LogP contribution in [0.3, 0.4) is 0 Å². The molecule has 1 N–H and O–H groups in total. The molecule has 0 bridgehead atoms. The highest BCUT2D eigenvalue weighted by molar-refractivity contribution is 5.76. The maximum Gasteiger partial charge on any atom is 0.410 e. The van der Waals surface area contributed by atoms with Gasteiger partial charge in [0.05, 0.1) is 0 Å². The summed E-state index contributed by atoms with van der Waals surface area (Å²) in [4.78, 5) is 28.2. The van der Waals surface area contributed by atoms with Crippen LogP contribution in [0.15, 0.2) is 0 Å². The molecule has 0 spiro atoms. The number of hydrogen-bond acceptors (Lipinski definition) is 4. The van der Waals surface area contributed by atoms with Gasteiger partial charge in [-0.3, -0.25) is 4.79 Å². The second-order valence-corrected chi connectivity index (χ2v) is 7.87. The number of nitrogens with one attached hydrogen (secondary N) is 1. The second kappa shape index (κ2) is 8.70. The quantitative estimate of drug-likeness (QED) is 0.781. The highest BCUT2D eigenvalue weighted by Gasteiger charge is 2.30. The number of piperidine rings is 1. The summed E-state index contributed by atoms with van der Waals surface area (Å²) in [5.74, 6) is 0.243. The Hall–Kier alpha value is -1.30. The van der Waals surface area contributed by atoms with E-state index in [9.17, 15) is 9.59 Å². The van der Waals surface area contributed by atoms with Crippen LogP contribution < -0.4 is 5.32 Å². The van der Waals surface area contributed by atoms with Gasteiger partial charge >= 0.3 is 6.09 Å². The second-order valence-electron chi connectivity index (χ2n) is 7.87. The number of nitrogens with zero attached hydrogens (tertiary/aromatic N) is 2. The Morgan fingerprint density at radius 2 is 1.75 bits per heavy atom. The molecule has 24 heavy (non-hydrogen) atoms. The van der Waals surface area contributed by atoms with Crippen LogP contribution in [0.25, 0.3) is 0 Å². The van der Waals surface area contributed by atoms with Crippen LogP contribution in [-0.2, 0) is 9.53 Å². The molecule has 2 rings (SSSR count). The molecule has 138 valence electrons. The third-order valence-electron chi connectivity index (χ3n) is 4.61. The van der Waals surface area contributed by atoms with Crippen molar-refractivity contribution in [1.82, 2.24) is 15.1 Å². The van der Waals surface area contributed by atoms with Crippen molar-refractivity contribution in [2.24, 2.45) is 0 Å². The first kappa shape index (κ1) is 19.0. The van der Waals surface area contributed by atoms with Crippen molar-refractivity contribution in [3.63, 3.8) is 0 Å². The molecule has 0 aromatic carbocycles. The molecule has 2 aliphatic rings. The van der Waals surface area contributed by atoms with E-state index >= 15 is 0 Å². The molecule has 2 saturated heterocycles. The Bertz CT molecular complexity index is 428. The van der Waals surface area contributed by atoms with Crippen molar-refractivity contribution in [2.75, 3.05) is 32.7 Å². The normalized spacial score (nSPS) is 21.9. The summed E-state index contributed by atoms with van der Waals surface area (Å²) >= 11 is 0. The van der Waals surface area contributed by atoms with Gasteiger partial charge in [0.25, 0.3) is 0 Å². The van der Waals surface area contributed by atoms with Crippen LogP contribution in [0.2, 0.25) is 0 Å². The van der Waals surface area contributed by atoms with Crippen LogP contribution in [0, 0.1) is 0 Å². The van der Waals surface area contributed by atoms with E-state index in [1.807, 2.05) is 30.6 Å².